The second kappa shape index (κ2) is 9.37. The maximum atomic E-state index is 12.6. The summed E-state index contributed by atoms with van der Waals surface area (Å²) < 4.78 is 0. The molecule has 29 heavy (non-hydrogen) atoms. The molecule has 1 aliphatic heterocycles. The van der Waals surface area contributed by atoms with Gasteiger partial charge in [0.1, 0.15) is 0 Å². The third kappa shape index (κ3) is 5.44. The zero-order valence-electron chi connectivity index (χ0n) is 16.9. The van der Waals surface area contributed by atoms with Gasteiger partial charge in [-0.25, -0.2) is 0 Å². The van der Waals surface area contributed by atoms with Crippen LogP contribution in [0, 0.1) is 11.8 Å². The van der Waals surface area contributed by atoms with E-state index >= 15 is 0 Å². The van der Waals surface area contributed by atoms with E-state index in [0.29, 0.717) is 30.3 Å². The number of hydrogen-bond donors (Lipinski definition) is 2. The Balaban J connectivity index is 1.54. The number of nitrogens with one attached hydrogen (secondary N) is 2. The lowest BCUT2D eigenvalue weighted by atomic mass is 10.1. The molecule has 1 fully saturated rings. The Labute approximate surface area is 171 Å². The van der Waals surface area contributed by atoms with Crippen LogP contribution in [0.25, 0.3) is 0 Å². The molecule has 3 rings (SSSR count). The van der Waals surface area contributed by atoms with Gasteiger partial charge in [0.15, 0.2) is 0 Å². The number of para-hydroxylation sites is 1. The third-order valence-corrected chi connectivity index (χ3v) is 4.99. The van der Waals surface area contributed by atoms with Crippen molar-refractivity contribution in [3.8, 4) is 0 Å². The zero-order valence-corrected chi connectivity index (χ0v) is 16.9. The molecular weight excluding hydrogens is 366 g/mol. The highest BCUT2D eigenvalue weighted by atomic mass is 16.2. The van der Waals surface area contributed by atoms with Gasteiger partial charge in [0, 0.05) is 36.4 Å². The minimum absolute atomic E-state index is 0.0511. The van der Waals surface area contributed by atoms with Crippen molar-refractivity contribution in [3.05, 3.63) is 60.2 Å². The molecule has 2 aromatic carbocycles. The van der Waals surface area contributed by atoms with Crippen LogP contribution in [0.2, 0.25) is 0 Å². The summed E-state index contributed by atoms with van der Waals surface area (Å²) in [5.41, 5.74) is 1.97. The monoisotopic (exact) mass is 393 g/mol. The van der Waals surface area contributed by atoms with Crippen LogP contribution >= 0.6 is 0 Å². The minimum Gasteiger partial charge on any atom is -0.352 e. The Hall–Kier alpha value is -3.15. The summed E-state index contributed by atoms with van der Waals surface area (Å²) in [7, 11) is 0. The van der Waals surface area contributed by atoms with Gasteiger partial charge in [0.2, 0.25) is 11.8 Å². The third-order valence-electron chi connectivity index (χ3n) is 4.99. The SMILES string of the molecule is CC(C)CCNC(=O)c1ccc(NC(=O)C2CC(=O)N(c3ccccc3)C2)cc1. The van der Waals surface area contributed by atoms with Gasteiger partial charge in [-0.3, -0.25) is 14.4 Å². The predicted molar refractivity (Wildman–Crippen MR) is 114 cm³/mol. The number of carbonyl (C=O) groups excluding carboxylic acids is 3. The van der Waals surface area contributed by atoms with Crippen molar-refractivity contribution in [2.24, 2.45) is 11.8 Å². The molecular formula is C23H27N3O3. The Morgan fingerprint density at radius 3 is 2.41 bits per heavy atom. The van der Waals surface area contributed by atoms with E-state index in [9.17, 15) is 14.4 Å². The summed E-state index contributed by atoms with van der Waals surface area (Å²) in [5, 5.41) is 5.74. The Bertz CT molecular complexity index is 863. The van der Waals surface area contributed by atoms with Gasteiger partial charge in [-0.2, -0.15) is 0 Å². The van der Waals surface area contributed by atoms with E-state index in [2.05, 4.69) is 24.5 Å². The van der Waals surface area contributed by atoms with Crippen LogP contribution in [0.4, 0.5) is 11.4 Å². The average Bonchev–Trinajstić information content (AvgIpc) is 3.11. The zero-order chi connectivity index (χ0) is 20.8. The molecule has 0 aromatic heterocycles. The molecule has 0 radical (unpaired) electrons. The molecule has 152 valence electrons. The average molecular weight is 393 g/mol. The lowest BCUT2D eigenvalue weighted by Crippen LogP contribution is -2.28. The van der Waals surface area contributed by atoms with Gasteiger partial charge in [-0.15, -0.1) is 0 Å². The van der Waals surface area contributed by atoms with E-state index in [4.69, 9.17) is 0 Å². The van der Waals surface area contributed by atoms with Crippen LogP contribution in [0.1, 0.15) is 37.0 Å². The molecule has 0 aliphatic carbocycles. The summed E-state index contributed by atoms with van der Waals surface area (Å²) in [6.07, 6.45) is 1.12. The number of anilines is 2. The topological polar surface area (TPSA) is 78.5 Å². The molecule has 1 atom stereocenters. The number of benzene rings is 2. The van der Waals surface area contributed by atoms with Crippen LogP contribution in [-0.4, -0.2) is 30.8 Å². The van der Waals surface area contributed by atoms with Crippen molar-refractivity contribution in [1.82, 2.24) is 5.32 Å². The lowest BCUT2D eigenvalue weighted by molar-refractivity contribution is -0.122. The Morgan fingerprint density at radius 1 is 1.07 bits per heavy atom. The molecule has 1 unspecified atom stereocenters. The first-order valence-corrected chi connectivity index (χ1v) is 9.98. The van der Waals surface area contributed by atoms with Crippen LogP contribution in [-0.2, 0) is 9.59 Å². The highest BCUT2D eigenvalue weighted by molar-refractivity contribution is 6.03. The van der Waals surface area contributed by atoms with Gasteiger partial charge < -0.3 is 15.5 Å². The second-order valence-electron chi connectivity index (χ2n) is 7.75. The van der Waals surface area contributed by atoms with Gasteiger partial charge in [-0.1, -0.05) is 32.0 Å². The molecule has 0 saturated carbocycles. The highest BCUT2D eigenvalue weighted by Gasteiger charge is 2.35. The fraction of sp³-hybridized carbons (Fsp3) is 0.348. The van der Waals surface area contributed by atoms with Gasteiger partial charge >= 0.3 is 0 Å². The first-order chi connectivity index (χ1) is 13.9. The highest BCUT2D eigenvalue weighted by Crippen LogP contribution is 2.25. The van der Waals surface area contributed by atoms with Gasteiger partial charge in [0.05, 0.1) is 5.92 Å². The van der Waals surface area contributed by atoms with Crippen molar-refractivity contribution in [3.63, 3.8) is 0 Å². The summed E-state index contributed by atoms with van der Waals surface area (Å²) in [5.74, 6) is -0.228. The molecule has 1 aliphatic rings. The molecule has 3 amide bonds. The lowest BCUT2D eigenvalue weighted by Gasteiger charge is -2.16. The van der Waals surface area contributed by atoms with Crippen molar-refractivity contribution in [2.45, 2.75) is 26.7 Å². The Kier molecular flexibility index (Phi) is 6.65. The maximum Gasteiger partial charge on any atom is 0.251 e. The van der Waals surface area contributed by atoms with Gasteiger partial charge in [-0.05, 0) is 48.7 Å². The fourth-order valence-electron chi connectivity index (χ4n) is 3.27. The van der Waals surface area contributed by atoms with Crippen LogP contribution in [0.3, 0.4) is 0 Å². The van der Waals surface area contributed by atoms with E-state index < -0.39 is 5.92 Å². The van der Waals surface area contributed by atoms with E-state index in [1.807, 2.05) is 30.3 Å². The normalized spacial score (nSPS) is 16.2. The summed E-state index contributed by atoms with van der Waals surface area (Å²) >= 11 is 0. The first kappa shape index (κ1) is 20.6. The molecule has 6 nitrogen and oxygen atoms in total. The first-order valence-electron chi connectivity index (χ1n) is 9.98. The number of amides is 3. The van der Waals surface area contributed by atoms with Crippen LogP contribution < -0.4 is 15.5 Å². The van der Waals surface area contributed by atoms with Crippen molar-refractivity contribution < 1.29 is 14.4 Å². The molecule has 6 heteroatoms. The van der Waals surface area contributed by atoms with Crippen molar-refractivity contribution in [1.29, 1.82) is 0 Å². The minimum atomic E-state index is -0.401. The number of hydrogen-bond acceptors (Lipinski definition) is 3. The standard InChI is InChI=1S/C23H27N3O3/c1-16(2)12-13-24-22(28)17-8-10-19(11-9-17)25-23(29)18-14-21(27)26(15-18)20-6-4-3-5-7-20/h3-11,16,18H,12-15H2,1-2H3,(H,24,28)(H,25,29). The van der Waals surface area contributed by atoms with Crippen LogP contribution in [0.5, 0.6) is 0 Å². The van der Waals surface area contributed by atoms with E-state index in [1.54, 1.807) is 29.2 Å². The molecule has 0 bridgehead atoms. The molecule has 2 aromatic rings. The number of rotatable bonds is 7. The molecule has 1 heterocycles. The fourth-order valence-corrected chi connectivity index (χ4v) is 3.27. The van der Waals surface area contributed by atoms with E-state index in [0.717, 1.165) is 12.1 Å². The largest absolute Gasteiger partial charge is 0.352 e. The predicted octanol–water partition coefficient (Wildman–Crippen LogP) is 3.45. The maximum absolute atomic E-state index is 12.6. The number of nitrogens with zero attached hydrogens (tertiary/aromatic N) is 1. The smallest absolute Gasteiger partial charge is 0.251 e. The molecule has 0 spiro atoms. The van der Waals surface area contributed by atoms with Crippen molar-refractivity contribution >= 4 is 29.1 Å². The van der Waals surface area contributed by atoms with Crippen LogP contribution in [0.15, 0.2) is 54.6 Å². The van der Waals surface area contributed by atoms with E-state index in [-0.39, 0.29) is 24.1 Å². The van der Waals surface area contributed by atoms with Crippen molar-refractivity contribution in [2.75, 3.05) is 23.3 Å². The summed E-state index contributed by atoms with van der Waals surface area (Å²) in [6.45, 7) is 5.23. The molecule has 1 saturated heterocycles. The number of carbonyl (C=O) groups is 3. The van der Waals surface area contributed by atoms with Gasteiger partial charge in [0.25, 0.3) is 5.91 Å². The second-order valence-corrected chi connectivity index (χ2v) is 7.75. The summed E-state index contributed by atoms with van der Waals surface area (Å²) in [4.78, 5) is 38.7. The quantitative estimate of drug-likeness (QED) is 0.756. The Morgan fingerprint density at radius 2 is 1.76 bits per heavy atom. The van der Waals surface area contributed by atoms with E-state index in [1.165, 1.54) is 0 Å². The summed E-state index contributed by atoms with van der Waals surface area (Å²) in [6, 6.07) is 16.2. The molecule has 2 N–H and O–H groups in total.